The zero-order valence-electron chi connectivity index (χ0n) is 12.6. The Kier molecular flexibility index (Phi) is 4.56. The maximum Gasteiger partial charge on any atom is 0.224 e. The number of rotatable bonds is 5. The Morgan fingerprint density at radius 1 is 1.15 bits per heavy atom. The van der Waals surface area contributed by atoms with Crippen molar-refractivity contribution < 1.29 is 0 Å². The van der Waals surface area contributed by atoms with Crippen LogP contribution in [-0.2, 0) is 0 Å². The van der Waals surface area contributed by atoms with Gasteiger partial charge in [-0.2, -0.15) is 4.98 Å². The number of nitrogens with zero attached hydrogens (tertiary/aromatic N) is 3. The van der Waals surface area contributed by atoms with E-state index in [1.807, 2.05) is 13.1 Å². The van der Waals surface area contributed by atoms with Crippen molar-refractivity contribution >= 4 is 17.5 Å². The lowest BCUT2D eigenvalue weighted by molar-refractivity contribution is 0.948. The summed E-state index contributed by atoms with van der Waals surface area (Å²) in [5.74, 6) is 1.57. The molecule has 0 spiro atoms. The van der Waals surface area contributed by atoms with Crippen molar-refractivity contribution in [2.45, 2.75) is 27.2 Å². The van der Waals surface area contributed by atoms with Gasteiger partial charge in [-0.25, -0.2) is 4.98 Å². The van der Waals surface area contributed by atoms with E-state index in [4.69, 9.17) is 0 Å². The molecule has 4 heteroatoms. The Labute approximate surface area is 120 Å². The molecule has 0 saturated heterocycles. The van der Waals surface area contributed by atoms with Gasteiger partial charge in [0, 0.05) is 25.5 Å². The number of hydrogen-bond donors (Lipinski definition) is 1. The van der Waals surface area contributed by atoms with Gasteiger partial charge in [-0.1, -0.05) is 13.0 Å². The van der Waals surface area contributed by atoms with Crippen LogP contribution in [0.15, 0.2) is 30.5 Å². The monoisotopic (exact) mass is 270 g/mol. The zero-order valence-corrected chi connectivity index (χ0v) is 12.6. The van der Waals surface area contributed by atoms with Gasteiger partial charge in [0.15, 0.2) is 0 Å². The maximum atomic E-state index is 4.55. The Morgan fingerprint density at radius 3 is 2.50 bits per heavy atom. The van der Waals surface area contributed by atoms with E-state index in [9.17, 15) is 0 Å². The molecule has 0 saturated carbocycles. The highest BCUT2D eigenvalue weighted by molar-refractivity contribution is 5.61. The average molecular weight is 270 g/mol. The van der Waals surface area contributed by atoms with Crippen LogP contribution in [-0.4, -0.2) is 23.6 Å². The van der Waals surface area contributed by atoms with Gasteiger partial charge in [-0.15, -0.1) is 0 Å². The van der Waals surface area contributed by atoms with Gasteiger partial charge in [-0.3, -0.25) is 0 Å². The molecule has 1 aromatic carbocycles. The minimum Gasteiger partial charge on any atom is -0.354 e. The van der Waals surface area contributed by atoms with E-state index in [1.165, 1.54) is 11.1 Å². The van der Waals surface area contributed by atoms with E-state index in [0.29, 0.717) is 5.95 Å². The fourth-order valence-electron chi connectivity index (χ4n) is 2.13. The average Bonchev–Trinajstić information content (AvgIpc) is 2.43. The van der Waals surface area contributed by atoms with Crippen molar-refractivity contribution in [3.8, 4) is 0 Å². The first-order valence-electron chi connectivity index (χ1n) is 6.99. The highest BCUT2D eigenvalue weighted by atomic mass is 15.2. The number of aryl methyl sites for hydroxylation is 2. The van der Waals surface area contributed by atoms with E-state index >= 15 is 0 Å². The molecule has 2 aromatic rings. The minimum absolute atomic E-state index is 0.681. The fraction of sp³-hybridized carbons (Fsp3) is 0.375. The highest BCUT2D eigenvalue weighted by Gasteiger charge is 2.07. The van der Waals surface area contributed by atoms with Crippen LogP contribution < -0.4 is 10.2 Å². The summed E-state index contributed by atoms with van der Waals surface area (Å²) in [6, 6.07) is 8.42. The molecular weight excluding hydrogens is 248 g/mol. The van der Waals surface area contributed by atoms with Gasteiger partial charge in [0.2, 0.25) is 5.95 Å². The molecule has 0 aliphatic carbocycles. The summed E-state index contributed by atoms with van der Waals surface area (Å²) in [5.41, 5.74) is 3.65. The topological polar surface area (TPSA) is 41.1 Å². The van der Waals surface area contributed by atoms with Gasteiger partial charge in [0.25, 0.3) is 0 Å². The van der Waals surface area contributed by atoms with Gasteiger partial charge < -0.3 is 10.2 Å². The summed E-state index contributed by atoms with van der Waals surface area (Å²) in [4.78, 5) is 10.9. The van der Waals surface area contributed by atoms with Crippen LogP contribution in [0.25, 0.3) is 0 Å². The second kappa shape index (κ2) is 6.37. The minimum atomic E-state index is 0.681. The molecule has 0 atom stereocenters. The first kappa shape index (κ1) is 14.3. The molecule has 4 nitrogen and oxygen atoms in total. The summed E-state index contributed by atoms with van der Waals surface area (Å²) in [7, 11) is 2.03. The summed E-state index contributed by atoms with van der Waals surface area (Å²) < 4.78 is 0. The number of hydrogen-bond acceptors (Lipinski definition) is 4. The van der Waals surface area contributed by atoms with Crippen molar-refractivity contribution in [1.82, 2.24) is 9.97 Å². The molecule has 0 aliphatic rings. The Balaban J connectivity index is 2.25. The third-order valence-corrected chi connectivity index (χ3v) is 3.11. The normalized spacial score (nSPS) is 10.4. The SMILES string of the molecule is CCCNc1nccc(N(C)c2cc(C)cc(C)c2)n1. The Morgan fingerprint density at radius 2 is 1.85 bits per heavy atom. The lowest BCUT2D eigenvalue weighted by Gasteiger charge is -2.20. The predicted molar refractivity (Wildman–Crippen MR) is 84.8 cm³/mol. The van der Waals surface area contributed by atoms with E-state index in [0.717, 1.165) is 24.5 Å². The summed E-state index contributed by atoms with van der Waals surface area (Å²) >= 11 is 0. The van der Waals surface area contributed by atoms with E-state index in [1.54, 1.807) is 6.20 Å². The molecule has 0 fully saturated rings. The smallest absolute Gasteiger partial charge is 0.224 e. The first-order chi connectivity index (χ1) is 9.60. The third kappa shape index (κ3) is 3.47. The third-order valence-electron chi connectivity index (χ3n) is 3.11. The summed E-state index contributed by atoms with van der Waals surface area (Å²) in [5, 5.41) is 3.21. The second-order valence-corrected chi connectivity index (χ2v) is 5.07. The summed E-state index contributed by atoms with van der Waals surface area (Å²) in [6.45, 7) is 7.23. The molecule has 20 heavy (non-hydrogen) atoms. The van der Waals surface area contributed by atoms with E-state index < -0.39 is 0 Å². The highest BCUT2D eigenvalue weighted by Crippen LogP contribution is 2.24. The quantitative estimate of drug-likeness (QED) is 0.899. The van der Waals surface area contributed by atoms with Crippen molar-refractivity contribution in [2.75, 3.05) is 23.8 Å². The molecule has 0 unspecified atom stereocenters. The van der Waals surface area contributed by atoms with Crippen molar-refractivity contribution in [1.29, 1.82) is 0 Å². The molecule has 1 heterocycles. The number of benzene rings is 1. The Bertz CT molecular complexity index is 560. The molecule has 106 valence electrons. The molecular formula is C16H22N4. The number of nitrogens with one attached hydrogen (secondary N) is 1. The van der Waals surface area contributed by atoms with Gasteiger partial charge >= 0.3 is 0 Å². The van der Waals surface area contributed by atoms with Gasteiger partial charge in [-0.05, 0) is 49.6 Å². The van der Waals surface area contributed by atoms with Crippen LogP contribution in [0.2, 0.25) is 0 Å². The maximum absolute atomic E-state index is 4.55. The number of anilines is 3. The van der Waals surface area contributed by atoms with Crippen molar-refractivity contribution in [3.63, 3.8) is 0 Å². The zero-order chi connectivity index (χ0) is 14.5. The molecule has 2 rings (SSSR count). The fourth-order valence-corrected chi connectivity index (χ4v) is 2.13. The first-order valence-corrected chi connectivity index (χ1v) is 6.99. The van der Waals surface area contributed by atoms with Crippen LogP contribution in [0.4, 0.5) is 17.5 Å². The lowest BCUT2D eigenvalue weighted by Crippen LogP contribution is -2.13. The second-order valence-electron chi connectivity index (χ2n) is 5.07. The Hall–Kier alpha value is -2.10. The van der Waals surface area contributed by atoms with Crippen LogP contribution in [0, 0.1) is 13.8 Å². The number of aromatic nitrogens is 2. The molecule has 1 N–H and O–H groups in total. The molecule has 0 bridgehead atoms. The van der Waals surface area contributed by atoms with Crippen LogP contribution in [0.3, 0.4) is 0 Å². The summed E-state index contributed by atoms with van der Waals surface area (Å²) in [6.07, 6.45) is 2.85. The van der Waals surface area contributed by atoms with Gasteiger partial charge in [0.1, 0.15) is 5.82 Å². The van der Waals surface area contributed by atoms with Crippen molar-refractivity contribution in [2.24, 2.45) is 0 Å². The molecule has 1 aromatic heterocycles. The molecule has 0 radical (unpaired) electrons. The van der Waals surface area contributed by atoms with Crippen LogP contribution in [0.1, 0.15) is 24.5 Å². The van der Waals surface area contributed by atoms with E-state index in [-0.39, 0.29) is 0 Å². The van der Waals surface area contributed by atoms with Crippen LogP contribution >= 0.6 is 0 Å². The van der Waals surface area contributed by atoms with E-state index in [2.05, 4.69) is 59.2 Å². The standard InChI is InChI=1S/C16H22N4/c1-5-7-17-16-18-8-6-15(19-16)20(4)14-10-12(2)9-13(3)11-14/h6,8-11H,5,7H2,1-4H3,(H,17,18,19). The molecule has 0 aliphatic heterocycles. The van der Waals surface area contributed by atoms with Crippen LogP contribution in [0.5, 0.6) is 0 Å². The largest absolute Gasteiger partial charge is 0.354 e. The van der Waals surface area contributed by atoms with Gasteiger partial charge in [0.05, 0.1) is 0 Å². The molecule has 0 amide bonds. The lowest BCUT2D eigenvalue weighted by atomic mass is 10.1. The van der Waals surface area contributed by atoms with Crippen molar-refractivity contribution in [3.05, 3.63) is 41.6 Å². The predicted octanol–water partition coefficient (Wildman–Crippen LogP) is 3.68.